The summed E-state index contributed by atoms with van der Waals surface area (Å²) < 4.78 is 2.97. The smallest absolute Gasteiger partial charge is 0.140 e. The largest absolute Gasteiger partial charge is 0.392 e. The Balaban J connectivity index is 2.03. The molecule has 3 aromatic rings. The standard InChI is InChI=1S/C14H12BrN3O/c15-11-3-4-12(17-6-11)8-18-7-10(9-19)13-2-1-5-16-14(13)18/h1-7,19H,8-9H2. The summed E-state index contributed by atoms with van der Waals surface area (Å²) in [6.07, 6.45) is 5.47. The molecule has 4 nitrogen and oxygen atoms in total. The lowest BCUT2D eigenvalue weighted by molar-refractivity contribution is 0.283. The monoisotopic (exact) mass is 317 g/mol. The average Bonchev–Trinajstić information content (AvgIpc) is 2.80. The van der Waals surface area contributed by atoms with Crippen molar-refractivity contribution < 1.29 is 5.11 Å². The highest BCUT2D eigenvalue weighted by Crippen LogP contribution is 2.20. The summed E-state index contributed by atoms with van der Waals surface area (Å²) in [6.45, 7) is 0.657. The number of rotatable bonds is 3. The first kappa shape index (κ1) is 12.3. The van der Waals surface area contributed by atoms with Gasteiger partial charge >= 0.3 is 0 Å². The van der Waals surface area contributed by atoms with Crippen LogP contribution in [0.15, 0.2) is 47.3 Å². The molecule has 19 heavy (non-hydrogen) atoms. The minimum atomic E-state index is 0.0168. The first-order valence-corrected chi connectivity index (χ1v) is 6.71. The molecule has 1 N–H and O–H groups in total. The quantitative estimate of drug-likeness (QED) is 0.808. The van der Waals surface area contributed by atoms with Crippen molar-refractivity contribution in [3.05, 3.63) is 58.6 Å². The molecule has 3 rings (SSSR count). The van der Waals surface area contributed by atoms with Crippen LogP contribution in [0.3, 0.4) is 0 Å². The Morgan fingerprint density at radius 3 is 2.84 bits per heavy atom. The molecular weight excluding hydrogens is 306 g/mol. The molecule has 0 amide bonds. The van der Waals surface area contributed by atoms with Crippen molar-refractivity contribution in [2.45, 2.75) is 13.2 Å². The highest BCUT2D eigenvalue weighted by molar-refractivity contribution is 9.10. The fourth-order valence-corrected chi connectivity index (χ4v) is 2.35. The average molecular weight is 318 g/mol. The van der Waals surface area contributed by atoms with E-state index in [1.807, 2.05) is 35.0 Å². The van der Waals surface area contributed by atoms with Gasteiger partial charge in [0.2, 0.25) is 0 Å². The van der Waals surface area contributed by atoms with E-state index in [2.05, 4.69) is 25.9 Å². The van der Waals surface area contributed by atoms with E-state index in [-0.39, 0.29) is 6.61 Å². The number of halogens is 1. The van der Waals surface area contributed by atoms with Crippen LogP contribution in [-0.2, 0) is 13.2 Å². The number of hydrogen-bond donors (Lipinski definition) is 1. The third-order valence-electron chi connectivity index (χ3n) is 3.01. The first-order chi connectivity index (χ1) is 9.28. The number of pyridine rings is 2. The van der Waals surface area contributed by atoms with E-state index in [4.69, 9.17) is 0 Å². The van der Waals surface area contributed by atoms with Crippen molar-refractivity contribution in [2.24, 2.45) is 0 Å². The van der Waals surface area contributed by atoms with Gasteiger partial charge in [-0.3, -0.25) is 4.98 Å². The minimum absolute atomic E-state index is 0.0168. The molecule has 3 heterocycles. The Labute approximate surface area is 118 Å². The number of nitrogens with zero attached hydrogens (tertiary/aromatic N) is 3. The second-order valence-electron chi connectivity index (χ2n) is 4.28. The first-order valence-electron chi connectivity index (χ1n) is 5.92. The van der Waals surface area contributed by atoms with Crippen LogP contribution in [-0.4, -0.2) is 19.6 Å². The maximum atomic E-state index is 9.39. The van der Waals surface area contributed by atoms with Crippen LogP contribution in [0, 0.1) is 0 Å². The Bertz CT molecular complexity index is 706. The van der Waals surface area contributed by atoms with E-state index in [0.717, 1.165) is 26.8 Å². The van der Waals surface area contributed by atoms with E-state index in [1.54, 1.807) is 12.4 Å². The number of fused-ring (bicyclic) bond motifs is 1. The van der Waals surface area contributed by atoms with E-state index < -0.39 is 0 Å². The van der Waals surface area contributed by atoms with Crippen LogP contribution in [0.2, 0.25) is 0 Å². The van der Waals surface area contributed by atoms with E-state index in [1.165, 1.54) is 0 Å². The van der Waals surface area contributed by atoms with E-state index >= 15 is 0 Å². The Morgan fingerprint density at radius 1 is 1.21 bits per heavy atom. The summed E-state index contributed by atoms with van der Waals surface area (Å²) in [7, 11) is 0. The molecule has 5 heteroatoms. The summed E-state index contributed by atoms with van der Waals surface area (Å²) in [4.78, 5) is 8.74. The lowest BCUT2D eigenvalue weighted by Crippen LogP contribution is -2.00. The molecule has 0 aliphatic rings. The lowest BCUT2D eigenvalue weighted by atomic mass is 10.2. The molecule has 0 aliphatic carbocycles. The molecule has 0 bridgehead atoms. The van der Waals surface area contributed by atoms with Crippen LogP contribution in [0.25, 0.3) is 11.0 Å². The fourth-order valence-electron chi connectivity index (χ4n) is 2.12. The molecule has 0 aromatic carbocycles. The molecule has 0 saturated carbocycles. The zero-order valence-electron chi connectivity index (χ0n) is 10.1. The van der Waals surface area contributed by atoms with Crippen molar-refractivity contribution >= 4 is 27.0 Å². The highest BCUT2D eigenvalue weighted by Gasteiger charge is 2.09. The van der Waals surface area contributed by atoms with Gasteiger partial charge in [0.05, 0.1) is 18.8 Å². The molecule has 0 spiro atoms. The van der Waals surface area contributed by atoms with Crippen LogP contribution >= 0.6 is 15.9 Å². The summed E-state index contributed by atoms with van der Waals surface area (Å²) in [5, 5.41) is 10.4. The van der Waals surface area contributed by atoms with Gasteiger partial charge in [0, 0.05) is 34.0 Å². The zero-order valence-corrected chi connectivity index (χ0v) is 11.7. The van der Waals surface area contributed by atoms with Gasteiger partial charge < -0.3 is 9.67 Å². The fraction of sp³-hybridized carbons (Fsp3) is 0.143. The molecule has 3 aromatic heterocycles. The van der Waals surface area contributed by atoms with Crippen molar-refractivity contribution in [3.63, 3.8) is 0 Å². The molecular formula is C14H12BrN3O. The van der Waals surface area contributed by atoms with Crippen LogP contribution in [0.5, 0.6) is 0 Å². The topological polar surface area (TPSA) is 50.9 Å². The normalized spacial score (nSPS) is 11.1. The summed E-state index contributed by atoms with van der Waals surface area (Å²) in [5.41, 5.74) is 2.71. The number of aromatic nitrogens is 3. The SMILES string of the molecule is OCc1cn(Cc2ccc(Br)cn2)c2ncccc12. The number of hydrogen-bond acceptors (Lipinski definition) is 3. The molecule has 0 fully saturated rings. The second-order valence-corrected chi connectivity index (χ2v) is 5.20. The summed E-state index contributed by atoms with van der Waals surface area (Å²) >= 11 is 3.37. The summed E-state index contributed by atoms with van der Waals surface area (Å²) in [5.74, 6) is 0. The maximum Gasteiger partial charge on any atom is 0.140 e. The van der Waals surface area contributed by atoms with Gasteiger partial charge in [-0.1, -0.05) is 0 Å². The lowest BCUT2D eigenvalue weighted by Gasteiger charge is -2.04. The molecule has 96 valence electrons. The molecule has 0 atom stereocenters. The second kappa shape index (κ2) is 5.11. The van der Waals surface area contributed by atoms with Crippen LogP contribution < -0.4 is 0 Å². The van der Waals surface area contributed by atoms with Gasteiger partial charge in [0.1, 0.15) is 5.65 Å². The van der Waals surface area contributed by atoms with Crippen molar-refractivity contribution in [2.75, 3.05) is 0 Å². The third-order valence-corrected chi connectivity index (χ3v) is 3.48. The van der Waals surface area contributed by atoms with E-state index in [9.17, 15) is 5.11 Å². The van der Waals surface area contributed by atoms with Gasteiger partial charge in [0.15, 0.2) is 0 Å². The predicted octanol–water partition coefficient (Wildman–Crippen LogP) is 2.73. The molecule has 0 aliphatic heterocycles. The van der Waals surface area contributed by atoms with Crippen LogP contribution in [0.4, 0.5) is 0 Å². The Hall–Kier alpha value is -1.72. The van der Waals surface area contributed by atoms with Gasteiger partial charge in [-0.2, -0.15) is 0 Å². The van der Waals surface area contributed by atoms with Gasteiger partial charge in [-0.15, -0.1) is 0 Å². The van der Waals surface area contributed by atoms with Gasteiger partial charge in [-0.05, 0) is 40.2 Å². The van der Waals surface area contributed by atoms with Gasteiger partial charge in [-0.25, -0.2) is 4.98 Å². The van der Waals surface area contributed by atoms with Gasteiger partial charge in [0.25, 0.3) is 0 Å². The molecule has 0 radical (unpaired) electrons. The van der Waals surface area contributed by atoms with Crippen molar-refractivity contribution in [1.82, 2.24) is 14.5 Å². The highest BCUT2D eigenvalue weighted by atomic mass is 79.9. The van der Waals surface area contributed by atoms with Crippen molar-refractivity contribution in [1.29, 1.82) is 0 Å². The predicted molar refractivity (Wildman–Crippen MR) is 76.7 cm³/mol. The minimum Gasteiger partial charge on any atom is -0.392 e. The van der Waals surface area contributed by atoms with Crippen LogP contribution in [0.1, 0.15) is 11.3 Å². The maximum absolute atomic E-state index is 9.39. The number of aliphatic hydroxyl groups excluding tert-OH is 1. The molecule has 0 unspecified atom stereocenters. The third kappa shape index (κ3) is 2.39. The van der Waals surface area contributed by atoms with Crippen molar-refractivity contribution in [3.8, 4) is 0 Å². The zero-order chi connectivity index (χ0) is 13.2. The number of aliphatic hydroxyl groups is 1. The Kier molecular flexibility index (Phi) is 3.31. The van der Waals surface area contributed by atoms with E-state index in [0.29, 0.717) is 6.54 Å². The Morgan fingerprint density at radius 2 is 2.11 bits per heavy atom. The molecule has 0 saturated heterocycles. The summed E-state index contributed by atoms with van der Waals surface area (Å²) in [6, 6.07) is 7.79.